The zero-order chi connectivity index (χ0) is 8.41. The lowest BCUT2D eigenvalue weighted by Gasteiger charge is -2.18. The smallest absolute Gasteiger partial charge is 0.385 e. The van der Waals surface area contributed by atoms with Crippen LogP contribution in [0.1, 0.15) is 0 Å². The van der Waals surface area contributed by atoms with Gasteiger partial charge in [0.15, 0.2) is 0 Å². The minimum absolute atomic E-state index is 0.635. The first-order chi connectivity index (χ1) is 4.21. The van der Waals surface area contributed by atoms with Crippen molar-refractivity contribution in [3.05, 3.63) is 0 Å². The maximum Gasteiger partial charge on any atom is 0.493 e. The summed E-state index contributed by atoms with van der Waals surface area (Å²) in [4.78, 5) is 0. The van der Waals surface area contributed by atoms with Gasteiger partial charge >= 0.3 is 6.25 Å². The maximum atomic E-state index is 5.51. The van der Waals surface area contributed by atoms with Gasteiger partial charge in [-0.3, -0.25) is 0 Å². The van der Waals surface area contributed by atoms with E-state index in [0.717, 1.165) is 0 Å². The van der Waals surface area contributed by atoms with Crippen LogP contribution in [0.3, 0.4) is 0 Å². The molecule has 1 nitrogen and oxygen atoms in total. The highest BCUT2D eigenvalue weighted by molar-refractivity contribution is 7.62. The van der Waals surface area contributed by atoms with E-state index in [1.807, 2.05) is 0 Å². The summed E-state index contributed by atoms with van der Waals surface area (Å²) in [6.07, 6.45) is -2.18. The van der Waals surface area contributed by atoms with Gasteiger partial charge in [0, 0.05) is 6.23 Å². The molecule has 0 heterocycles. The quantitative estimate of drug-likeness (QED) is 0.542. The summed E-state index contributed by atoms with van der Waals surface area (Å²) < 4.78 is 5.09. The lowest BCUT2D eigenvalue weighted by atomic mass is 11.7. The van der Waals surface area contributed by atoms with E-state index in [4.69, 9.17) is 37.7 Å². The van der Waals surface area contributed by atoms with E-state index in [2.05, 4.69) is 19.6 Å². The number of hydrogen-bond acceptors (Lipinski definition) is 1. The van der Waals surface area contributed by atoms with Crippen molar-refractivity contribution in [1.29, 1.82) is 0 Å². The largest absolute Gasteiger partial charge is 0.493 e. The molecule has 0 radical (unpaired) electrons. The van der Waals surface area contributed by atoms with Gasteiger partial charge in [-0.2, -0.15) is 0 Å². The second kappa shape index (κ2) is 3.78. The average molecular weight is 238 g/mol. The van der Waals surface area contributed by atoms with Gasteiger partial charge in [-0.25, -0.2) is 0 Å². The first-order valence-corrected chi connectivity index (χ1v) is 11.6. The molecule has 0 bridgehead atoms. The minimum atomic E-state index is -2.82. The van der Waals surface area contributed by atoms with Gasteiger partial charge in [0.05, 0.1) is 8.07 Å². The van der Waals surface area contributed by atoms with Crippen LogP contribution in [-0.4, -0.2) is 20.6 Å². The Balaban J connectivity index is 3.56. The lowest BCUT2D eigenvalue weighted by molar-refractivity contribution is 0.402. The molecule has 0 fully saturated rings. The fourth-order valence-corrected chi connectivity index (χ4v) is 4.16. The van der Waals surface area contributed by atoms with E-state index in [9.17, 15) is 0 Å². The third-order valence-electron chi connectivity index (χ3n) is 0.669. The standard InChI is InChI=1S/C4H11Cl3OSi2/c1-9(2,3)4-8-10(5,6)7/h4H2,1-3H3. The fraction of sp³-hybridized carbons (Fsp3) is 1.00. The van der Waals surface area contributed by atoms with Gasteiger partial charge in [0.1, 0.15) is 0 Å². The molecule has 0 aliphatic rings. The van der Waals surface area contributed by atoms with Gasteiger partial charge in [-0.15, -0.1) is 0 Å². The van der Waals surface area contributed by atoms with Gasteiger partial charge in [0.2, 0.25) is 0 Å². The Hall–Kier alpha value is 1.26. The monoisotopic (exact) mass is 236 g/mol. The number of halogens is 3. The second-order valence-corrected chi connectivity index (χ2v) is 16.4. The summed E-state index contributed by atoms with van der Waals surface area (Å²) in [6, 6.07) is 0. The number of hydrogen-bond donors (Lipinski definition) is 0. The molecule has 0 rings (SSSR count). The third kappa shape index (κ3) is 9.26. The molecule has 0 aliphatic carbocycles. The van der Waals surface area contributed by atoms with Crippen LogP contribution in [-0.2, 0) is 4.43 Å². The summed E-state index contributed by atoms with van der Waals surface area (Å²) in [5.41, 5.74) is 0. The molecule has 0 aromatic heterocycles. The van der Waals surface area contributed by atoms with Crippen molar-refractivity contribution in [2.24, 2.45) is 0 Å². The predicted octanol–water partition coefficient (Wildman–Crippen LogP) is 3.03. The highest BCUT2D eigenvalue weighted by Gasteiger charge is 2.30. The molecule has 0 aromatic rings. The SMILES string of the molecule is C[Si](C)(C)CO[Si](Cl)(Cl)Cl. The molecule has 0 unspecified atom stereocenters. The van der Waals surface area contributed by atoms with Gasteiger partial charge in [-0.05, 0) is 0 Å². The van der Waals surface area contributed by atoms with Crippen LogP contribution < -0.4 is 0 Å². The first kappa shape index (κ1) is 11.3. The van der Waals surface area contributed by atoms with Crippen LogP contribution in [0.2, 0.25) is 19.6 Å². The molecule has 62 valence electrons. The van der Waals surface area contributed by atoms with Gasteiger partial charge in [0.25, 0.3) is 0 Å². The zero-order valence-electron chi connectivity index (χ0n) is 6.25. The molecular weight excluding hydrogens is 227 g/mol. The van der Waals surface area contributed by atoms with Crippen molar-refractivity contribution < 1.29 is 4.43 Å². The van der Waals surface area contributed by atoms with E-state index in [1.54, 1.807) is 0 Å². The van der Waals surface area contributed by atoms with Crippen LogP contribution in [0.15, 0.2) is 0 Å². The molecule has 0 N–H and O–H groups in total. The third-order valence-corrected chi connectivity index (χ3v) is 3.42. The van der Waals surface area contributed by atoms with E-state index in [-0.39, 0.29) is 0 Å². The van der Waals surface area contributed by atoms with Crippen LogP contribution in [0, 0.1) is 0 Å². The molecule has 10 heavy (non-hydrogen) atoms. The van der Waals surface area contributed by atoms with Crippen molar-refractivity contribution in [3.8, 4) is 0 Å². The zero-order valence-corrected chi connectivity index (χ0v) is 10.5. The summed E-state index contributed by atoms with van der Waals surface area (Å²) in [7, 11) is -1.21. The molecule has 0 saturated heterocycles. The summed E-state index contributed by atoms with van der Waals surface area (Å²) in [5.74, 6) is 0. The molecule has 0 aromatic carbocycles. The van der Waals surface area contributed by atoms with E-state index < -0.39 is 14.3 Å². The topological polar surface area (TPSA) is 9.23 Å². The Labute approximate surface area is 77.9 Å². The summed E-state index contributed by atoms with van der Waals surface area (Å²) >= 11 is 16.5. The van der Waals surface area contributed by atoms with Crippen LogP contribution >= 0.6 is 33.2 Å². The summed E-state index contributed by atoms with van der Waals surface area (Å²) in [5, 5.41) is 0. The van der Waals surface area contributed by atoms with E-state index in [0.29, 0.717) is 6.23 Å². The maximum absolute atomic E-state index is 5.51. The van der Waals surface area contributed by atoms with E-state index in [1.165, 1.54) is 0 Å². The molecule has 0 saturated carbocycles. The normalized spacial score (nSPS) is 13.8. The summed E-state index contributed by atoms with van der Waals surface area (Å²) in [6.45, 7) is 6.49. The van der Waals surface area contributed by atoms with Crippen molar-refractivity contribution in [1.82, 2.24) is 0 Å². The highest BCUT2D eigenvalue weighted by Crippen LogP contribution is 2.22. The first-order valence-electron chi connectivity index (χ1n) is 2.91. The van der Waals surface area contributed by atoms with Gasteiger partial charge in [-0.1, -0.05) is 52.9 Å². The minimum Gasteiger partial charge on any atom is -0.385 e. The van der Waals surface area contributed by atoms with Crippen molar-refractivity contribution in [2.45, 2.75) is 19.6 Å². The molecule has 0 aliphatic heterocycles. The van der Waals surface area contributed by atoms with E-state index >= 15 is 0 Å². The Morgan fingerprint density at radius 2 is 1.50 bits per heavy atom. The molecule has 0 spiro atoms. The molecular formula is C4H11Cl3OSi2. The Morgan fingerprint density at radius 3 is 1.60 bits per heavy atom. The highest BCUT2D eigenvalue weighted by atomic mass is 35.8. The molecule has 6 heteroatoms. The lowest BCUT2D eigenvalue weighted by Crippen LogP contribution is -2.33. The average Bonchev–Trinajstić information content (AvgIpc) is 1.57. The second-order valence-electron chi connectivity index (χ2n) is 3.30. The van der Waals surface area contributed by atoms with Crippen molar-refractivity contribution in [3.63, 3.8) is 0 Å². The fourth-order valence-electron chi connectivity index (χ4n) is 0.298. The van der Waals surface area contributed by atoms with Crippen molar-refractivity contribution >= 4 is 47.6 Å². The van der Waals surface area contributed by atoms with Crippen LogP contribution in [0.5, 0.6) is 0 Å². The van der Waals surface area contributed by atoms with Gasteiger partial charge < -0.3 is 4.43 Å². The van der Waals surface area contributed by atoms with Crippen LogP contribution in [0.25, 0.3) is 0 Å². The van der Waals surface area contributed by atoms with Crippen molar-refractivity contribution in [2.75, 3.05) is 6.23 Å². The number of rotatable bonds is 3. The molecule has 0 atom stereocenters. The Bertz CT molecular complexity index is 92.1. The van der Waals surface area contributed by atoms with Crippen LogP contribution in [0.4, 0.5) is 0 Å². The Morgan fingerprint density at radius 1 is 1.10 bits per heavy atom. The predicted molar refractivity (Wildman–Crippen MR) is 52.6 cm³/mol. The Kier molecular flexibility index (Phi) is 4.26. The molecule has 0 amide bonds.